The van der Waals surface area contributed by atoms with E-state index >= 15 is 0 Å². The second-order valence-electron chi connectivity index (χ2n) is 5.25. The van der Waals surface area contributed by atoms with Crippen LogP contribution in [0.5, 0.6) is 0 Å². The second kappa shape index (κ2) is 6.69. The fraction of sp³-hybridized carbons (Fsp3) is 0.692. The van der Waals surface area contributed by atoms with Crippen molar-refractivity contribution in [2.75, 3.05) is 18.5 Å². The molecule has 1 heterocycles. The molecule has 1 aromatic rings. The van der Waals surface area contributed by atoms with E-state index in [1.165, 1.54) is 11.1 Å². The zero-order valence-corrected chi connectivity index (χ0v) is 12.9. The molecule has 1 fully saturated rings. The molecule has 1 aliphatic rings. The molecule has 0 radical (unpaired) electrons. The Labute approximate surface area is 125 Å². The molecule has 6 nitrogen and oxygen atoms in total. The predicted octanol–water partition coefficient (Wildman–Crippen LogP) is 1.11. The quantitative estimate of drug-likeness (QED) is 0.743. The third-order valence-corrected chi connectivity index (χ3v) is 4.58. The minimum atomic E-state index is -0.363. The summed E-state index contributed by atoms with van der Waals surface area (Å²) >= 11 is 3.28. The van der Waals surface area contributed by atoms with Crippen LogP contribution in [0, 0.1) is 0 Å². The molecule has 0 amide bonds. The third kappa shape index (κ3) is 3.21. The first-order valence-corrected chi connectivity index (χ1v) is 7.67. The number of aliphatic hydroxyl groups is 2. The van der Waals surface area contributed by atoms with Crippen LogP contribution in [0.3, 0.4) is 0 Å². The molecule has 1 saturated carbocycles. The fourth-order valence-corrected chi connectivity index (χ4v) is 3.05. The van der Waals surface area contributed by atoms with E-state index in [0.717, 1.165) is 25.7 Å². The van der Waals surface area contributed by atoms with Gasteiger partial charge in [0.25, 0.3) is 5.56 Å². The summed E-state index contributed by atoms with van der Waals surface area (Å²) in [5.41, 5.74) is -0.0500. The third-order valence-electron chi connectivity index (χ3n) is 3.81. The van der Waals surface area contributed by atoms with Crippen LogP contribution in [0.15, 0.2) is 15.5 Å². The number of rotatable bonds is 5. The van der Waals surface area contributed by atoms with Crippen molar-refractivity contribution in [1.82, 2.24) is 9.78 Å². The highest BCUT2D eigenvalue weighted by molar-refractivity contribution is 9.10. The Morgan fingerprint density at radius 1 is 1.35 bits per heavy atom. The Bertz CT molecular complexity index is 512. The number of halogens is 1. The molecule has 0 saturated heterocycles. The zero-order chi connectivity index (χ0) is 14.6. The van der Waals surface area contributed by atoms with Gasteiger partial charge in [0.2, 0.25) is 0 Å². The number of aromatic nitrogens is 2. The summed E-state index contributed by atoms with van der Waals surface area (Å²) < 4.78 is 1.60. The van der Waals surface area contributed by atoms with E-state index in [2.05, 4.69) is 26.3 Å². The van der Waals surface area contributed by atoms with Crippen LogP contribution in [-0.4, -0.2) is 38.7 Å². The SMILES string of the molecule is O=c1c(Br)c(NC2(CO)CCCCC2)cnn1CCO. The molecule has 2 rings (SSSR count). The Hall–Kier alpha value is -0.920. The highest BCUT2D eigenvalue weighted by atomic mass is 79.9. The van der Waals surface area contributed by atoms with Crippen LogP contribution < -0.4 is 10.9 Å². The van der Waals surface area contributed by atoms with E-state index in [1.54, 1.807) is 6.20 Å². The largest absolute Gasteiger partial charge is 0.394 e. The van der Waals surface area contributed by atoms with Gasteiger partial charge in [-0.15, -0.1) is 0 Å². The van der Waals surface area contributed by atoms with Crippen LogP contribution in [0.25, 0.3) is 0 Å². The fourth-order valence-electron chi connectivity index (χ4n) is 2.64. The van der Waals surface area contributed by atoms with Gasteiger partial charge in [0.1, 0.15) is 4.47 Å². The van der Waals surface area contributed by atoms with E-state index < -0.39 is 0 Å². The van der Waals surface area contributed by atoms with Crippen molar-refractivity contribution in [1.29, 1.82) is 0 Å². The van der Waals surface area contributed by atoms with Gasteiger partial charge in [-0.2, -0.15) is 5.10 Å². The summed E-state index contributed by atoms with van der Waals surface area (Å²) in [6.45, 7) is 0.0781. The first kappa shape index (κ1) is 15.5. The summed E-state index contributed by atoms with van der Waals surface area (Å²) in [4.78, 5) is 12.1. The zero-order valence-electron chi connectivity index (χ0n) is 11.3. The van der Waals surface area contributed by atoms with E-state index in [0.29, 0.717) is 10.2 Å². The van der Waals surface area contributed by atoms with Gasteiger partial charge in [0.15, 0.2) is 0 Å². The minimum Gasteiger partial charge on any atom is -0.394 e. The maximum absolute atomic E-state index is 12.1. The van der Waals surface area contributed by atoms with E-state index in [4.69, 9.17) is 5.11 Å². The molecule has 0 atom stereocenters. The van der Waals surface area contributed by atoms with E-state index in [9.17, 15) is 9.90 Å². The summed E-state index contributed by atoms with van der Waals surface area (Å²) in [7, 11) is 0. The Balaban J connectivity index is 2.24. The molecule has 0 aliphatic heterocycles. The molecule has 1 aliphatic carbocycles. The van der Waals surface area contributed by atoms with Gasteiger partial charge < -0.3 is 15.5 Å². The standard InChI is InChI=1S/C13H20BrN3O3/c14-11-10(8-15-17(6-7-18)12(11)20)16-13(9-19)4-2-1-3-5-13/h8,16,18-19H,1-7,9H2. The summed E-state index contributed by atoms with van der Waals surface area (Å²) in [5.74, 6) is 0. The normalized spacial score (nSPS) is 17.9. The lowest BCUT2D eigenvalue weighted by Gasteiger charge is -2.37. The van der Waals surface area contributed by atoms with Crippen molar-refractivity contribution < 1.29 is 10.2 Å². The highest BCUT2D eigenvalue weighted by Gasteiger charge is 2.32. The Morgan fingerprint density at radius 2 is 2.05 bits per heavy atom. The lowest BCUT2D eigenvalue weighted by atomic mass is 9.82. The number of aliphatic hydroxyl groups excluding tert-OH is 2. The van der Waals surface area contributed by atoms with Crippen LogP contribution in [0.4, 0.5) is 5.69 Å². The topological polar surface area (TPSA) is 87.4 Å². The molecular weight excluding hydrogens is 326 g/mol. The van der Waals surface area contributed by atoms with Gasteiger partial charge in [-0.05, 0) is 28.8 Å². The molecule has 112 valence electrons. The van der Waals surface area contributed by atoms with Gasteiger partial charge in [0.05, 0.1) is 37.2 Å². The van der Waals surface area contributed by atoms with Crippen molar-refractivity contribution in [3.8, 4) is 0 Å². The average molecular weight is 346 g/mol. The maximum atomic E-state index is 12.1. The van der Waals surface area contributed by atoms with Gasteiger partial charge in [0, 0.05) is 0 Å². The van der Waals surface area contributed by atoms with Crippen LogP contribution in [0.1, 0.15) is 32.1 Å². The summed E-state index contributed by atoms with van der Waals surface area (Å²) in [5, 5.41) is 25.9. The monoisotopic (exact) mass is 345 g/mol. The minimum absolute atomic E-state index is 0.0408. The van der Waals surface area contributed by atoms with Gasteiger partial charge >= 0.3 is 0 Å². The van der Waals surface area contributed by atoms with Gasteiger partial charge in [-0.3, -0.25) is 4.79 Å². The van der Waals surface area contributed by atoms with E-state index in [-0.39, 0.29) is 30.9 Å². The lowest BCUT2D eigenvalue weighted by molar-refractivity contribution is 0.172. The first-order valence-electron chi connectivity index (χ1n) is 6.87. The van der Waals surface area contributed by atoms with Crippen molar-refractivity contribution in [2.24, 2.45) is 0 Å². The molecule has 0 spiro atoms. The van der Waals surface area contributed by atoms with Crippen molar-refractivity contribution in [2.45, 2.75) is 44.2 Å². The second-order valence-corrected chi connectivity index (χ2v) is 6.04. The van der Waals surface area contributed by atoms with Gasteiger partial charge in [-0.25, -0.2) is 4.68 Å². The lowest BCUT2D eigenvalue weighted by Crippen LogP contribution is -2.44. The molecular formula is C13H20BrN3O3. The number of hydrogen-bond acceptors (Lipinski definition) is 5. The molecule has 1 aromatic heterocycles. The number of nitrogens with zero attached hydrogens (tertiary/aromatic N) is 2. The maximum Gasteiger partial charge on any atom is 0.283 e. The molecule has 0 bridgehead atoms. The Kier molecular flexibility index (Phi) is 5.17. The van der Waals surface area contributed by atoms with Crippen LogP contribution in [0.2, 0.25) is 0 Å². The van der Waals surface area contributed by atoms with Crippen molar-refractivity contribution in [3.05, 3.63) is 21.0 Å². The molecule has 20 heavy (non-hydrogen) atoms. The van der Waals surface area contributed by atoms with Crippen molar-refractivity contribution >= 4 is 21.6 Å². The van der Waals surface area contributed by atoms with Crippen LogP contribution in [-0.2, 0) is 6.54 Å². The van der Waals surface area contributed by atoms with E-state index in [1.807, 2.05) is 0 Å². The number of nitrogens with one attached hydrogen (secondary N) is 1. The summed E-state index contributed by atoms with van der Waals surface area (Å²) in [6, 6.07) is 0. The van der Waals surface area contributed by atoms with Gasteiger partial charge in [-0.1, -0.05) is 19.3 Å². The number of hydrogen-bond donors (Lipinski definition) is 3. The molecule has 7 heteroatoms. The first-order chi connectivity index (χ1) is 9.62. The highest BCUT2D eigenvalue weighted by Crippen LogP contribution is 2.32. The Morgan fingerprint density at radius 3 is 2.65 bits per heavy atom. The average Bonchev–Trinajstić information content (AvgIpc) is 2.48. The number of anilines is 1. The summed E-state index contributed by atoms with van der Waals surface area (Å²) in [6.07, 6.45) is 6.65. The van der Waals surface area contributed by atoms with Crippen LogP contribution >= 0.6 is 15.9 Å². The molecule has 0 unspecified atom stereocenters. The smallest absolute Gasteiger partial charge is 0.283 e. The predicted molar refractivity (Wildman–Crippen MR) is 79.8 cm³/mol. The molecule has 3 N–H and O–H groups in total. The molecule has 0 aromatic carbocycles. The van der Waals surface area contributed by atoms with Crippen molar-refractivity contribution in [3.63, 3.8) is 0 Å².